The molecule has 2 N–H and O–H groups in total. The van der Waals surface area contributed by atoms with E-state index in [2.05, 4.69) is 4.98 Å². The fourth-order valence-corrected chi connectivity index (χ4v) is 2.71. The summed E-state index contributed by atoms with van der Waals surface area (Å²) in [5, 5.41) is 19.0. The molecule has 1 aliphatic heterocycles. The number of fused-ring (bicyclic) bond motifs is 1. The Morgan fingerprint density at radius 2 is 2.20 bits per heavy atom. The predicted octanol–water partition coefficient (Wildman–Crippen LogP) is 2.14. The molecule has 1 aromatic heterocycles. The van der Waals surface area contributed by atoms with Crippen LogP contribution in [0.25, 0.3) is 0 Å². The van der Waals surface area contributed by atoms with Crippen LogP contribution in [-0.2, 0) is 17.8 Å². The number of rotatable bonds is 3. The van der Waals surface area contributed by atoms with Crippen LogP contribution in [0.4, 0.5) is 0 Å². The van der Waals surface area contributed by atoms with Crippen LogP contribution in [0.5, 0.6) is 5.75 Å². The number of imidazole rings is 1. The van der Waals surface area contributed by atoms with Gasteiger partial charge in [-0.2, -0.15) is 0 Å². The van der Waals surface area contributed by atoms with Gasteiger partial charge < -0.3 is 14.8 Å². The largest absolute Gasteiger partial charge is 0.508 e. The van der Waals surface area contributed by atoms with Crippen molar-refractivity contribution in [1.82, 2.24) is 9.55 Å². The van der Waals surface area contributed by atoms with Crippen LogP contribution in [0.2, 0.25) is 0 Å². The van der Waals surface area contributed by atoms with Gasteiger partial charge in [-0.15, -0.1) is 0 Å². The van der Waals surface area contributed by atoms with Gasteiger partial charge in [0.1, 0.15) is 17.5 Å². The van der Waals surface area contributed by atoms with Crippen LogP contribution < -0.4 is 0 Å². The number of aromatic hydroxyl groups is 1. The Morgan fingerprint density at radius 1 is 1.40 bits per heavy atom. The van der Waals surface area contributed by atoms with Gasteiger partial charge in [-0.05, 0) is 24.5 Å². The smallest absolute Gasteiger partial charge is 0.314 e. The number of benzene rings is 1. The number of aryl methyl sites for hydroxylation is 1. The van der Waals surface area contributed by atoms with Crippen LogP contribution >= 0.6 is 0 Å². The monoisotopic (exact) mass is 272 g/mol. The standard InChI is InChI=1S/C15H16N2O3/c18-13-6-2-1-4-10(13)8-11-9-17-7-3-5-12(15(19)20)14(17)16-11/h1-2,4,6,9,12,18H,3,5,7-8H2,(H,19,20). The van der Waals surface area contributed by atoms with Crippen molar-refractivity contribution in [3.8, 4) is 5.75 Å². The quantitative estimate of drug-likeness (QED) is 0.897. The summed E-state index contributed by atoms with van der Waals surface area (Å²) in [5.74, 6) is -0.449. The minimum atomic E-state index is -0.814. The molecule has 1 atom stereocenters. The molecule has 0 fully saturated rings. The Morgan fingerprint density at radius 3 is 2.95 bits per heavy atom. The molecule has 3 rings (SSSR count). The van der Waals surface area contributed by atoms with E-state index >= 15 is 0 Å². The van der Waals surface area contributed by atoms with Crippen molar-refractivity contribution < 1.29 is 15.0 Å². The third-order valence-electron chi connectivity index (χ3n) is 3.72. The number of aliphatic carboxylic acids is 1. The van der Waals surface area contributed by atoms with Crippen LogP contribution in [0.3, 0.4) is 0 Å². The van der Waals surface area contributed by atoms with Gasteiger partial charge in [0.25, 0.3) is 0 Å². The summed E-state index contributed by atoms with van der Waals surface area (Å²) in [6.07, 6.45) is 3.91. The molecule has 2 aromatic rings. The Hall–Kier alpha value is -2.30. The lowest BCUT2D eigenvalue weighted by Crippen LogP contribution is -2.21. The van der Waals surface area contributed by atoms with E-state index in [4.69, 9.17) is 0 Å². The fraction of sp³-hybridized carbons (Fsp3) is 0.333. The van der Waals surface area contributed by atoms with E-state index in [0.717, 1.165) is 24.2 Å². The van der Waals surface area contributed by atoms with Gasteiger partial charge in [0.15, 0.2) is 0 Å². The number of carbonyl (C=O) groups is 1. The highest BCUT2D eigenvalue weighted by molar-refractivity contribution is 5.75. The third-order valence-corrected chi connectivity index (χ3v) is 3.72. The zero-order chi connectivity index (χ0) is 14.1. The summed E-state index contributed by atoms with van der Waals surface area (Å²) >= 11 is 0. The number of carboxylic acid groups (broad SMARTS) is 1. The molecule has 1 aromatic carbocycles. The molecule has 0 aliphatic carbocycles. The zero-order valence-electron chi connectivity index (χ0n) is 11.0. The van der Waals surface area contributed by atoms with Crippen LogP contribution in [0.15, 0.2) is 30.5 Å². The Bertz CT molecular complexity index is 648. The highest BCUT2D eigenvalue weighted by Gasteiger charge is 2.28. The minimum Gasteiger partial charge on any atom is -0.508 e. The average Bonchev–Trinajstić information content (AvgIpc) is 2.83. The summed E-state index contributed by atoms with van der Waals surface area (Å²) in [5.41, 5.74) is 1.60. The summed E-state index contributed by atoms with van der Waals surface area (Å²) in [4.78, 5) is 15.7. The molecule has 0 amide bonds. The maximum absolute atomic E-state index is 11.2. The van der Waals surface area contributed by atoms with Gasteiger partial charge in [-0.3, -0.25) is 4.79 Å². The maximum Gasteiger partial charge on any atom is 0.314 e. The van der Waals surface area contributed by atoms with Gasteiger partial charge in [-0.1, -0.05) is 18.2 Å². The first-order valence-corrected chi connectivity index (χ1v) is 6.71. The first kappa shape index (κ1) is 12.7. The number of phenols is 1. The minimum absolute atomic E-state index is 0.244. The lowest BCUT2D eigenvalue weighted by Gasteiger charge is -2.19. The molecule has 20 heavy (non-hydrogen) atoms. The van der Waals surface area contributed by atoms with Crippen molar-refractivity contribution in [2.45, 2.75) is 31.7 Å². The second-order valence-electron chi connectivity index (χ2n) is 5.12. The van der Waals surface area contributed by atoms with Gasteiger partial charge in [-0.25, -0.2) is 4.98 Å². The van der Waals surface area contributed by atoms with Crippen LogP contribution in [-0.4, -0.2) is 25.7 Å². The van der Waals surface area contributed by atoms with E-state index in [1.54, 1.807) is 12.1 Å². The molecule has 1 aliphatic rings. The highest BCUT2D eigenvalue weighted by atomic mass is 16.4. The van der Waals surface area contributed by atoms with Gasteiger partial charge in [0.05, 0.1) is 5.69 Å². The normalized spacial score (nSPS) is 17.7. The molecular formula is C15H16N2O3. The average molecular weight is 272 g/mol. The topological polar surface area (TPSA) is 75.3 Å². The number of para-hydroxylation sites is 1. The van der Waals surface area contributed by atoms with E-state index in [1.165, 1.54) is 0 Å². The predicted molar refractivity (Wildman–Crippen MR) is 72.8 cm³/mol. The SMILES string of the molecule is O=C(O)C1CCCn2cc(Cc3ccccc3O)nc21. The molecule has 5 nitrogen and oxygen atoms in total. The molecule has 5 heteroatoms. The molecule has 0 radical (unpaired) electrons. The number of hydrogen-bond acceptors (Lipinski definition) is 3. The van der Waals surface area contributed by atoms with E-state index < -0.39 is 11.9 Å². The number of hydrogen-bond donors (Lipinski definition) is 2. The van der Waals surface area contributed by atoms with Gasteiger partial charge >= 0.3 is 5.97 Å². The molecule has 0 saturated heterocycles. The van der Waals surface area contributed by atoms with Crippen molar-refractivity contribution in [1.29, 1.82) is 0 Å². The Kier molecular flexibility index (Phi) is 3.18. The van der Waals surface area contributed by atoms with E-state index in [9.17, 15) is 15.0 Å². The first-order chi connectivity index (χ1) is 9.65. The molecule has 0 bridgehead atoms. The molecule has 2 heterocycles. The highest BCUT2D eigenvalue weighted by Crippen LogP contribution is 2.28. The summed E-state index contributed by atoms with van der Waals surface area (Å²) in [6.45, 7) is 0.812. The molecule has 0 spiro atoms. The Balaban J connectivity index is 1.90. The molecular weight excluding hydrogens is 256 g/mol. The lowest BCUT2D eigenvalue weighted by atomic mass is 9.99. The summed E-state index contributed by atoms with van der Waals surface area (Å²) in [7, 11) is 0. The van der Waals surface area contributed by atoms with Crippen molar-refractivity contribution in [2.24, 2.45) is 0 Å². The van der Waals surface area contributed by atoms with Crippen molar-refractivity contribution in [3.05, 3.63) is 47.5 Å². The fourth-order valence-electron chi connectivity index (χ4n) is 2.71. The second-order valence-corrected chi connectivity index (χ2v) is 5.12. The van der Waals surface area contributed by atoms with Crippen LogP contribution in [0, 0.1) is 0 Å². The van der Waals surface area contributed by atoms with Crippen molar-refractivity contribution in [2.75, 3.05) is 0 Å². The van der Waals surface area contributed by atoms with E-state index in [-0.39, 0.29) is 5.75 Å². The lowest BCUT2D eigenvalue weighted by molar-refractivity contribution is -0.139. The number of carboxylic acids is 1. The third kappa shape index (κ3) is 2.27. The molecule has 0 saturated carbocycles. The summed E-state index contributed by atoms with van der Waals surface area (Å²) < 4.78 is 1.93. The molecule has 1 unspecified atom stereocenters. The Labute approximate surface area is 116 Å². The number of phenolic OH excluding ortho intramolecular Hbond substituents is 1. The summed E-state index contributed by atoms with van der Waals surface area (Å²) in [6, 6.07) is 7.14. The maximum atomic E-state index is 11.2. The van der Waals surface area contributed by atoms with Crippen molar-refractivity contribution >= 4 is 5.97 Å². The van der Waals surface area contributed by atoms with Gasteiger partial charge in [0, 0.05) is 19.2 Å². The van der Waals surface area contributed by atoms with E-state index in [1.807, 2.05) is 22.9 Å². The van der Waals surface area contributed by atoms with Crippen molar-refractivity contribution in [3.63, 3.8) is 0 Å². The number of nitrogens with zero attached hydrogens (tertiary/aromatic N) is 2. The van der Waals surface area contributed by atoms with E-state index in [0.29, 0.717) is 18.7 Å². The van der Waals surface area contributed by atoms with Gasteiger partial charge in [0.2, 0.25) is 0 Å². The zero-order valence-corrected chi connectivity index (χ0v) is 11.0. The number of aromatic nitrogens is 2. The second kappa shape index (κ2) is 5.00. The molecule has 104 valence electrons. The van der Waals surface area contributed by atoms with Crippen LogP contribution in [0.1, 0.15) is 35.8 Å². The first-order valence-electron chi connectivity index (χ1n) is 6.71.